The Kier molecular flexibility index (Phi) is 4.55. The van der Waals surface area contributed by atoms with E-state index < -0.39 is 20.5 Å². The number of hydrogen-bond acceptors (Lipinski definition) is 4. The number of nitrogens with two attached hydrogens (primary N) is 1. The Balaban J connectivity index is 2.58. The SMILES string of the molecule is CC(C)(C(N)=O)S(=O)(=O)CCC1CCOCC1. The van der Waals surface area contributed by atoms with Crippen LogP contribution in [0.5, 0.6) is 0 Å². The second-order valence-electron chi connectivity index (χ2n) is 5.04. The van der Waals surface area contributed by atoms with E-state index in [-0.39, 0.29) is 5.75 Å². The van der Waals surface area contributed by atoms with Gasteiger partial charge in [0, 0.05) is 13.2 Å². The highest BCUT2D eigenvalue weighted by atomic mass is 32.2. The molecule has 2 N–H and O–H groups in total. The average Bonchev–Trinajstić information content (AvgIpc) is 2.27. The molecule has 0 spiro atoms. The zero-order valence-electron chi connectivity index (χ0n) is 10.4. The lowest BCUT2D eigenvalue weighted by atomic mass is 9.98. The first-order valence-electron chi connectivity index (χ1n) is 5.87. The monoisotopic (exact) mass is 263 g/mol. The minimum Gasteiger partial charge on any atom is -0.381 e. The molecular formula is C11H21NO4S. The van der Waals surface area contributed by atoms with Gasteiger partial charge in [-0.3, -0.25) is 4.79 Å². The van der Waals surface area contributed by atoms with Crippen molar-refractivity contribution in [1.82, 2.24) is 0 Å². The second kappa shape index (κ2) is 5.35. The number of carbonyl (C=O) groups excluding carboxylic acids is 1. The number of primary amides is 1. The van der Waals surface area contributed by atoms with E-state index in [0.717, 1.165) is 12.8 Å². The summed E-state index contributed by atoms with van der Waals surface area (Å²) in [6.07, 6.45) is 2.38. The molecule has 0 aromatic heterocycles. The van der Waals surface area contributed by atoms with Crippen LogP contribution < -0.4 is 5.73 Å². The molecule has 100 valence electrons. The van der Waals surface area contributed by atoms with Gasteiger partial charge < -0.3 is 10.5 Å². The molecule has 5 nitrogen and oxygen atoms in total. The van der Waals surface area contributed by atoms with Crippen LogP contribution >= 0.6 is 0 Å². The number of hydrogen-bond donors (Lipinski definition) is 1. The van der Waals surface area contributed by atoms with Crippen LogP contribution in [0.4, 0.5) is 0 Å². The Morgan fingerprint density at radius 3 is 2.35 bits per heavy atom. The van der Waals surface area contributed by atoms with Gasteiger partial charge >= 0.3 is 0 Å². The molecule has 0 aromatic rings. The largest absolute Gasteiger partial charge is 0.381 e. The van der Waals surface area contributed by atoms with E-state index in [1.165, 1.54) is 13.8 Å². The molecule has 1 saturated heterocycles. The first-order chi connectivity index (χ1) is 7.77. The summed E-state index contributed by atoms with van der Waals surface area (Å²) < 4.78 is 27.7. The van der Waals surface area contributed by atoms with Crippen LogP contribution in [0.15, 0.2) is 0 Å². The van der Waals surface area contributed by atoms with Crippen molar-refractivity contribution >= 4 is 15.7 Å². The fourth-order valence-electron chi connectivity index (χ4n) is 1.77. The molecule has 0 aliphatic carbocycles. The van der Waals surface area contributed by atoms with Crippen LogP contribution in [0.2, 0.25) is 0 Å². The highest BCUT2D eigenvalue weighted by Gasteiger charge is 2.39. The van der Waals surface area contributed by atoms with Crippen molar-refractivity contribution in [3.8, 4) is 0 Å². The standard InChI is InChI=1S/C11H21NO4S/c1-11(2,10(12)13)17(14,15)8-5-9-3-6-16-7-4-9/h9H,3-8H2,1-2H3,(H2,12,13). The van der Waals surface area contributed by atoms with Crippen molar-refractivity contribution in [2.24, 2.45) is 11.7 Å². The van der Waals surface area contributed by atoms with Crippen molar-refractivity contribution in [3.05, 3.63) is 0 Å². The van der Waals surface area contributed by atoms with Gasteiger partial charge in [0.15, 0.2) is 9.84 Å². The molecule has 6 heteroatoms. The Morgan fingerprint density at radius 2 is 1.88 bits per heavy atom. The van der Waals surface area contributed by atoms with E-state index in [1.807, 2.05) is 0 Å². The van der Waals surface area contributed by atoms with E-state index in [9.17, 15) is 13.2 Å². The van der Waals surface area contributed by atoms with Crippen LogP contribution in [0, 0.1) is 5.92 Å². The first-order valence-corrected chi connectivity index (χ1v) is 7.52. The van der Waals surface area contributed by atoms with Gasteiger partial charge in [-0.1, -0.05) is 0 Å². The van der Waals surface area contributed by atoms with Gasteiger partial charge in [0.05, 0.1) is 5.75 Å². The van der Waals surface area contributed by atoms with Gasteiger partial charge in [-0.2, -0.15) is 0 Å². The molecule has 0 aromatic carbocycles. The third-order valence-electron chi connectivity index (χ3n) is 3.51. The summed E-state index contributed by atoms with van der Waals surface area (Å²) in [6, 6.07) is 0. The van der Waals surface area contributed by atoms with Crippen LogP contribution in [0.25, 0.3) is 0 Å². The van der Waals surface area contributed by atoms with Gasteiger partial charge in [-0.25, -0.2) is 8.42 Å². The Labute approximate surface area is 103 Å². The Hall–Kier alpha value is -0.620. The summed E-state index contributed by atoms with van der Waals surface area (Å²) >= 11 is 0. The minimum atomic E-state index is -3.47. The van der Waals surface area contributed by atoms with Crippen LogP contribution in [-0.2, 0) is 19.4 Å². The van der Waals surface area contributed by atoms with Gasteiger partial charge in [0.2, 0.25) is 5.91 Å². The zero-order valence-corrected chi connectivity index (χ0v) is 11.3. The highest BCUT2D eigenvalue weighted by Crippen LogP contribution is 2.23. The van der Waals surface area contributed by atoms with Gasteiger partial charge in [0.1, 0.15) is 4.75 Å². The Morgan fingerprint density at radius 1 is 1.35 bits per heavy atom. The summed E-state index contributed by atoms with van der Waals surface area (Å²) in [4.78, 5) is 11.1. The first kappa shape index (κ1) is 14.4. The van der Waals surface area contributed by atoms with Crippen molar-refractivity contribution in [2.45, 2.75) is 37.9 Å². The maximum absolute atomic E-state index is 12.0. The number of rotatable bonds is 5. The maximum Gasteiger partial charge on any atom is 0.238 e. The molecule has 0 atom stereocenters. The van der Waals surface area contributed by atoms with Crippen molar-refractivity contribution in [3.63, 3.8) is 0 Å². The lowest BCUT2D eigenvalue weighted by Crippen LogP contribution is -2.46. The van der Waals surface area contributed by atoms with E-state index in [0.29, 0.717) is 25.6 Å². The van der Waals surface area contributed by atoms with Crippen molar-refractivity contribution in [1.29, 1.82) is 0 Å². The molecule has 0 radical (unpaired) electrons. The van der Waals surface area contributed by atoms with E-state index in [2.05, 4.69) is 0 Å². The normalized spacial score (nSPS) is 19.2. The van der Waals surface area contributed by atoms with Gasteiger partial charge in [-0.15, -0.1) is 0 Å². The van der Waals surface area contributed by atoms with E-state index in [1.54, 1.807) is 0 Å². The average molecular weight is 263 g/mol. The predicted octanol–water partition coefficient (Wildman–Crippen LogP) is 0.482. The number of sulfone groups is 1. The van der Waals surface area contributed by atoms with Crippen LogP contribution in [-0.4, -0.2) is 38.0 Å². The number of ether oxygens (including phenoxy) is 1. The molecule has 1 aliphatic rings. The lowest BCUT2D eigenvalue weighted by molar-refractivity contribution is -0.119. The molecule has 1 rings (SSSR count). The molecule has 1 aliphatic heterocycles. The summed E-state index contributed by atoms with van der Waals surface area (Å²) in [7, 11) is -3.47. The Bertz CT molecular complexity index is 369. The smallest absolute Gasteiger partial charge is 0.238 e. The fourth-order valence-corrected chi connectivity index (χ4v) is 3.23. The predicted molar refractivity (Wildman–Crippen MR) is 65.2 cm³/mol. The molecule has 1 amide bonds. The van der Waals surface area contributed by atoms with E-state index in [4.69, 9.17) is 10.5 Å². The third kappa shape index (κ3) is 3.42. The van der Waals surface area contributed by atoms with Crippen LogP contribution in [0.1, 0.15) is 33.1 Å². The second-order valence-corrected chi connectivity index (χ2v) is 7.70. The van der Waals surface area contributed by atoms with Gasteiger partial charge in [0.25, 0.3) is 0 Å². The fraction of sp³-hybridized carbons (Fsp3) is 0.909. The molecule has 0 bridgehead atoms. The molecular weight excluding hydrogens is 242 g/mol. The number of carbonyl (C=O) groups is 1. The minimum absolute atomic E-state index is 0.0214. The highest BCUT2D eigenvalue weighted by molar-refractivity contribution is 7.93. The summed E-state index contributed by atoms with van der Waals surface area (Å²) in [6.45, 7) is 4.14. The van der Waals surface area contributed by atoms with Crippen molar-refractivity contribution in [2.75, 3.05) is 19.0 Å². The molecule has 0 saturated carbocycles. The quantitative estimate of drug-likeness (QED) is 0.781. The van der Waals surface area contributed by atoms with Crippen LogP contribution in [0.3, 0.4) is 0 Å². The lowest BCUT2D eigenvalue weighted by Gasteiger charge is -2.25. The molecule has 1 heterocycles. The third-order valence-corrected chi connectivity index (χ3v) is 6.04. The zero-order chi connectivity index (χ0) is 13.1. The summed E-state index contributed by atoms with van der Waals surface area (Å²) in [5.41, 5.74) is 5.13. The summed E-state index contributed by atoms with van der Waals surface area (Å²) in [5.74, 6) is -0.389. The molecule has 0 unspecified atom stereocenters. The number of amides is 1. The molecule has 1 fully saturated rings. The maximum atomic E-state index is 12.0. The van der Waals surface area contributed by atoms with Crippen molar-refractivity contribution < 1.29 is 17.9 Å². The van der Waals surface area contributed by atoms with Gasteiger partial charge in [-0.05, 0) is 39.0 Å². The topological polar surface area (TPSA) is 86.5 Å². The summed E-state index contributed by atoms with van der Waals surface area (Å²) in [5, 5.41) is 0. The molecule has 17 heavy (non-hydrogen) atoms. The van der Waals surface area contributed by atoms with E-state index >= 15 is 0 Å².